The Kier molecular flexibility index (Phi) is 5.25. The van der Waals surface area contributed by atoms with Crippen LogP contribution in [0.15, 0.2) is 30.3 Å². The summed E-state index contributed by atoms with van der Waals surface area (Å²) < 4.78 is 43.5. The average Bonchev–Trinajstić information content (AvgIpc) is 2.70. The number of carbonyl (C=O) groups excluding carboxylic acids is 2. The van der Waals surface area contributed by atoms with Crippen molar-refractivity contribution in [2.75, 3.05) is 6.79 Å². The molecule has 4 saturated carbocycles. The van der Waals surface area contributed by atoms with E-state index in [4.69, 9.17) is 14.2 Å². The molecule has 4 fully saturated rings. The number of carbonyl (C=O) groups is 2. The number of esters is 2. The molecule has 0 aliphatic heterocycles. The van der Waals surface area contributed by atoms with E-state index in [0.717, 1.165) is 19.3 Å². The van der Waals surface area contributed by atoms with Crippen molar-refractivity contribution in [1.29, 1.82) is 0 Å². The quantitative estimate of drug-likeness (QED) is 0.496. The van der Waals surface area contributed by atoms with Crippen LogP contribution in [-0.2, 0) is 19.1 Å². The first-order valence-electron chi connectivity index (χ1n) is 10.3. The fraction of sp³-hybridized carbons (Fsp3) is 0.636. The van der Waals surface area contributed by atoms with Crippen molar-refractivity contribution < 1.29 is 32.6 Å². The smallest absolute Gasteiger partial charge is 0.377 e. The Morgan fingerprint density at radius 3 is 2.38 bits per heavy atom. The Morgan fingerprint density at radius 1 is 1.10 bits per heavy atom. The topological polar surface area (TPSA) is 61.8 Å². The van der Waals surface area contributed by atoms with Crippen LogP contribution in [0.4, 0.5) is 8.78 Å². The van der Waals surface area contributed by atoms with Crippen molar-refractivity contribution in [3.8, 4) is 5.75 Å². The molecule has 4 bridgehead atoms. The first-order valence-corrected chi connectivity index (χ1v) is 10.3. The van der Waals surface area contributed by atoms with E-state index in [1.807, 2.05) is 18.2 Å². The number of para-hydroxylation sites is 1. The van der Waals surface area contributed by atoms with Crippen LogP contribution in [0.25, 0.3) is 0 Å². The highest BCUT2D eigenvalue weighted by atomic mass is 19.3. The molecule has 0 spiro atoms. The molecule has 0 aromatic heterocycles. The van der Waals surface area contributed by atoms with E-state index in [0.29, 0.717) is 24.5 Å². The molecular weight excluding hydrogens is 382 g/mol. The molecule has 4 aliphatic rings. The molecule has 2 unspecified atom stereocenters. The standard InChI is InChI=1S/C22H26F2O5/c1-2-22(23,24)20(26)29-18-15-8-14-9-16(18)12-21(10-14,11-15)19(25)28-13-27-17-6-4-3-5-7-17/h3-7,14-16,18H,2,8-13H2,1H3. The maximum atomic E-state index is 13.7. The molecule has 7 heteroatoms. The van der Waals surface area contributed by atoms with E-state index in [-0.39, 0.29) is 24.6 Å². The minimum Gasteiger partial charge on any atom is -0.457 e. The van der Waals surface area contributed by atoms with Gasteiger partial charge in [0.1, 0.15) is 11.9 Å². The van der Waals surface area contributed by atoms with Crippen LogP contribution in [0.1, 0.15) is 45.4 Å². The number of hydrogen-bond acceptors (Lipinski definition) is 5. The van der Waals surface area contributed by atoms with Crippen LogP contribution in [0.5, 0.6) is 5.75 Å². The normalized spacial score (nSPS) is 32.7. The van der Waals surface area contributed by atoms with E-state index >= 15 is 0 Å². The largest absolute Gasteiger partial charge is 0.457 e. The average molecular weight is 408 g/mol. The highest BCUT2D eigenvalue weighted by Crippen LogP contribution is 2.61. The fourth-order valence-corrected chi connectivity index (χ4v) is 5.60. The van der Waals surface area contributed by atoms with E-state index in [1.165, 1.54) is 6.92 Å². The lowest BCUT2D eigenvalue weighted by Crippen LogP contribution is -2.58. The second kappa shape index (κ2) is 7.58. The summed E-state index contributed by atoms with van der Waals surface area (Å²) in [6.07, 6.45) is 2.28. The van der Waals surface area contributed by atoms with Gasteiger partial charge in [0.2, 0.25) is 6.79 Å². The van der Waals surface area contributed by atoms with Crippen LogP contribution >= 0.6 is 0 Å². The van der Waals surface area contributed by atoms with Crippen molar-refractivity contribution in [1.82, 2.24) is 0 Å². The maximum absolute atomic E-state index is 13.7. The predicted octanol–water partition coefficient (Wildman–Crippen LogP) is 4.35. The molecule has 1 aromatic carbocycles. The summed E-state index contributed by atoms with van der Waals surface area (Å²) in [6, 6.07) is 9.10. The third-order valence-corrected chi connectivity index (χ3v) is 6.76. The van der Waals surface area contributed by atoms with Gasteiger partial charge in [-0.25, -0.2) is 4.79 Å². The molecule has 0 radical (unpaired) electrons. The van der Waals surface area contributed by atoms with Crippen LogP contribution in [0.2, 0.25) is 0 Å². The molecule has 0 amide bonds. The Hall–Kier alpha value is -2.18. The minimum absolute atomic E-state index is 0.0690. The van der Waals surface area contributed by atoms with E-state index in [2.05, 4.69) is 0 Å². The maximum Gasteiger partial charge on any atom is 0.377 e. The first-order chi connectivity index (χ1) is 13.8. The van der Waals surface area contributed by atoms with Crippen LogP contribution in [0.3, 0.4) is 0 Å². The van der Waals surface area contributed by atoms with Gasteiger partial charge in [-0.15, -0.1) is 0 Å². The second-order valence-electron chi connectivity index (χ2n) is 8.69. The van der Waals surface area contributed by atoms with Gasteiger partial charge in [-0.1, -0.05) is 25.1 Å². The summed E-state index contributed by atoms with van der Waals surface area (Å²) in [5.41, 5.74) is -0.618. The van der Waals surface area contributed by atoms with Gasteiger partial charge in [-0.3, -0.25) is 4.79 Å². The SMILES string of the molecule is CCC(F)(F)C(=O)OC1C2CC3CC1CC(C(=O)OCOc1ccccc1)(C3)C2. The second-order valence-corrected chi connectivity index (χ2v) is 8.69. The lowest BCUT2D eigenvalue weighted by atomic mass is 9.48. The molecule has 2 atom stereocenters. The number of alkyl halides is 2. The zero-order chi connectivity index (χ0) is 20.6. The molecule has 0 N–H and O–H groups in total. The number of rotatable bonds is 7. The van der Waals surface area contributed by atoms with Gasteiger partial charge in [0.15, 0.2) is 0 Å². The molecule has 0 saturated heterocycles. The highest BCUT2D eigenvalue weighted by molar-refractivity contribution is 5.79. The Balaban J connectivity index is 1.38. The zero-order valence-corrected chi connectivity index (χ0v) is 16.4. The lowest BCUT2D eigenvalue weighted by molar-refractivity contribution is -0.210. The lowest BCUT2D eigenvalue weighted by Gasteiger charge is -2.57. The van der Waals surface area contributed by atoms with Gasteiger partial charge in [-0.2, -0.15) is 8.78 Å². The van der Waals surface area contributed by atoms with Gasteiger partial charge in [-0.05, 0) is 62.0 Å². The van der Waals surface area contributed by atoms with Gasteiger partial charge in [0, 0.05) is 6.42 Å². The Labute approximate surface area is 168 Å². The fourth-order valence-electron chi connectivity index (χ4n) is 5.60. The van der Waals surface area contributed by atoms with Crippen molar-refractivity contribution in [2.45, 2.75) is 57.5 Å². The summed E-state index contributed by atoms with van der Waals surface area (Å²) in [5.74, 6) is -4.37. The van der Waals surface area contributed by atoms with Crippen molar-refractivity contribution >= 4 is 11.9 Å². The Morgan fingerprint density at radius 2 is 1.76 bits per heavy atom. The van der Waals surface area contributed by atoms with Crippen molar-refractivity contribution in [3.63, 3.8) is 0 Å². The van der Waals surface area contributed by atoms with Gasteiger partial charge >= 0.3 is 17.9 Å². The highest BCUT2D eigenvalue weighted by Gasteiger charge is 2.61. The number of hydrogen-bond donors (Lipinski definition) is 0. The predicted molar refractivity (Wildman–Crippen MR) is 99.1 cm³/mol. The number of halogens is 2. The molecule has 158 valence electrons. The van der Waals surface area contributed by atoms with E-state index in [1.54, 1.807) is 12.1 Å². The monoisotopic (exact) mass is 408 g/mol. The molecule has 0 heterocycles. The molecule has 4 aliphatic carbocycles. The molecular formula is C22H26F2O5. The summed E-state index contributed by atoms with van der Waals surface area (Å²) in [6.45, 7) is 1.10. The van der Waals surface area contributed by atoms with Crippen LogP contribution in [0, 0.1) is 23.2 Å². The van der Waals surface area contributed by atoms with Gasteiger partial charge in [0.05, 0.1) is 5.41 Å². The number of ether oxygens (including phenoxy) is 3. The molecule has 5 nitrogen and oxygen atoms in total. The number of benzene rings is 1. The van der Waals surface area contributed by atoms with Gasteiger partial charge in [0.25, 0.3) is 0 Å². The summed E-state index contributed by atoms with van der Waals surface area (Å²) in [4.78, 5) is 24.8. The van der Waals surface area contributed by atoms with E-state index < -0.39 is 29.8 Å². The zero-order valence-electron chi connectivity index (χ0n) is 16.4. The van der Waals surface area contributed by atoms with Crippen molar-refractivity contribution in [3.05, 3.63) is 30.3 Å². The molecule has 1 aromatic rings. The summed E-state index contributed by atoms with van der Waals surface area (Å²) in [5, 5.41) is 0. The molecule has 5 rings (SSSR count). The third-order valence-electron chi connectivity index (χ3n) is 6.76. The van der Waals surface area contributed by atoms with Gasteiger partial charge < -0.3 is 14.2 Å². The van der Waals surface area contributed by atoms with Crippen molar-refractivity contribution in [2.24, 2.45) is 23.2 Å². The molecule has 29 heavy (non-hydrogen) atoms. The minimum atomic E-state index is -3.46. The third kappa shape index (κ3) is 3.83. The van der Waals surface area contributed by atoms with E-state index in [9.17, 15) is 18.4 Å². The Bertz CT molecular complexity index is 750. The van der Waals surface area contributed by atoms with Crippen LogP contribution < -0.4 is 4.74 Å². The summed E-state index contributed by atoms with van der Waals surface area (Å²) >= 11 is 0. The first kappa shape index (κ1) is 20.1. The summed E-state index contributed by atoms with van der Waals surface area (Å²) in [7, 11) is 0. The van der Waals surface area contributed by atoms with Crippen LogP contribution in [-0.4, -0.2) is 30.8 Å².